The number of hydrogen-bond acceptors (Lipinski definition) is 3. The Kier molecular flexibility index (Phi) is 3.90. The first-order chi connectivity index (χ1) is 9.12. The highest BCUT2D eigenvalue weighted by molar-refractivity contribution is 5.83. The zero-order valence-corrected chi connectivity index (χ0v) is 11.5. The molecule has 1 fully saturated rings. The third-order valence-electron chi connectivity index (χ3n) is 4.39. The van der Waals surface area contributed by atoms with Gasteiger partial charge in [-0.2, -0.15) is 5.26 Å². The van der Waals surface area contributed by atoms with Crippen LogP contribution >= 0.6 is 0 Å². The fraction of sp³-hybridized carbons (Fsp3) is 0.500. The van der Waals surface area contributed by atoms with E-state index in [1.807, 2.05) is 19.1 Å². The number of esters is 1. The summed E-state index contributed by atoms with van der Waals surface area (Å²) in [5, 5.41) is 8.86. The SMILES string of the molecule is COC(=O)[C@@](C)(c1ccc(C#N)cc1)C1CCCC1. The topological polar surface area (TPSA) is 50.1 Å². The van der Waals surface area contributed by atoms with Gasteiger partial charge in [0.1, 0.15) is 0 Å². The van der Waals surface area contributed by atoms with Crippen molar-refractivity contribution in [1.29, 1.82) is 5.26 Å². The van der Waals surface area contributed by atoms with Crippen molar-refractivity contribution in [3.63, 3.8) is 0 Å². The molecule has 0 aromatic heterocycles. The largest absolute Gasteiger partial charge is 0.468 e. The zero-order chi connectivity index (χ0) is 13.9. The third-order valence-corrected chi connectivity index (χ3v) is 4.39. The number of hydrogen-bond donors (Lipinski definition) is 0. The Hall–Kier alpha value is -1.82. The van der Waals surface area contributed by atoms with Gasteiger partial charge in [0.25, 0.3) is 0 Å². The first-order valence-electron chi connectivity index (χ1n) is 6.72. The molecular weight excluding hydrogens is 238 g/mol. The van der Waals surface area contributed by atoms with Crippen LogP contribution in [0, 0.1) is 17.2 Å². The molecule has 3 nitrogen and oxygen atoms in total. The van der Waals surface area contributed by atoms with Crippen molar-refractivity contribution < 1.29 is 9.53 Å². The summed E-state index contributed by atoms with van der Waals surface area (Å²) in [7, 11) is 1.44. The number of nitriles is 1. The maximum Gasteiger partial charge on any atom is 0.316 e. The number of rotatable bonds is 3. The fourth-order valence-corrected chi connectivity index (χ4v) is 3.13. The number of carbonyl (C=O) groups excluding carboxylic acids is 1. The molecule has 0 unspecified atom stereocenters. The van der Waals surface area contributed by atoms with Gasteiger partial charge < -0.3 is 4.74 Å². The highest BCUT2D eigenvalue weighted by Crippen LogP contribution is 2.43. The molecule has 0 bridgehead atoms. The maximum atomic E-state index is 12.3. The molecule has 0 aliphatic heterocycles. The molecule has 0 radical (unpaired) electrons. The van der Waals surface area contributed by atoms with Crippen LogP contribution in [0.25, 0.3) is 0 Å². The number of benzene rings is 1. The monoisotopic (exact) mass is 257 g/mol. The van der Waals surface area contributed by atoms with Crippen LogP contribution in [0.4, 0.5) is 0 Å². The average Bonchev–Trinajstić information content (AvgIpc) is 3.00. The number of methoxy groups -OCH3 is 1. The number of carbonyl (C=O) groups is 1. The van der Waals surface area contributed by atoms with Gasteiger partial charge >= 0.3 is 5.97 Å². The lowest BCUT2D eigenvalue weighted by atomic mass is 9.71. The highest BCUT2D eigenvalue weighted by Gasteiger charge is 2.44. The zero-order valence-electron chi connectivity index (χ0n) is 11.5. The Morgan fingerprint density at radius 2 is 1.89 bits per heavy atom. The first kappa shape index (κ1) is 13.6. The van der Waals surface area contributed by atoms with E-state index in [-0.39, 0.29) is 5.97 Å². The summed E-state index contributed by atoms with van der Waals surface area (Å²) in [6.07, 6.45) is 4.47. The Morgan fingerprint density at radius 3 is 2.37 bits per heavy atom. The average molecular weight is 257 g/mol. The van der Waals surface area contributed by atoms with E-state index < -0.39 is 5.41 Å². The van der Waals surface area contributed by atoms with E-state index in [4.69, 9.17) is 10.00 Å². The Morgan fingerprint density at radius 1 is 1.32 bits per heavy atom. The number of nitrogens with zero attached hydrogens (tertiary/aromatic N) is 1. The Labute approximate surface area is 114 Å². The van der Waals surface area contributed by atoms with Crippen LogP contribution in [0.2, 0.25) is 0 Å². The van der Waals surface area contributed by atoms with Crippen LogP contribution < -0.4 is 0 Å². The molecule has 0 amide bonds. The predicted molar refractivity (Wildman–Crippen MR) is 72.5 cm³/mol. The van der Waals surface area contributed by atoms with Gasteiger partial charge in [-0.05, 0) is 43.4 Å². The van der Waals surface area contributed by atoms with Crippen LogP contribution in [-0.4, -0.2) is 13.1 Å². The Bertz CT molecular complexity index is 494. The van der Waals surface area contributed by atoms with Crippen LogP contribution in [0.1, 0.15) is 43.7 Å². The minimum atomic E-state index is -0.598. The summed E-state index contributed by atoms with van der Waals surface area (Å²) >= 11 is 0. The summed E-state index contributed by atoms with van der Waals surface area (Å²) in [4.78, 5) is 12.3. The van der Waals surface area contributed by atoms with Crippen molar-refractivity contribution in [3.8, 4) is 6.07 Å². The molecule has 1 aromatic rings. The van der Waals surface area contributed by atoms with E-state index in [1.54, 1.807) is 12.1 Å². The summed E-state index contributed by atoms with van der Waals surface area (Å²) in [6, 6.07) is 9.41. The molecule has 19 heavy (non-hydrogen) atoms. The van der Waals surface area contributed by atoms with Gasteiger partial charge in [-0.15, -0.1) is 0 Å². The maximum absolute atomic E-state index is 12.3. The van der Waals surface area contributed by atoms with Crippen molar-refractivity contribution >= 4 is 5.97 Å². The summed E-state index contributed by atoms with van der Waals surface area (Å²) in [5.41, 5.74) is 0.965. The molecule has 1 aliphatic carbocycles. The van der Waals surface area contributed by atoms with Crippen molar-refractivity contribution in [3.05, 3.63) is 35.4 Å². The van der Waals surface area contributed by atoms with E-state index >= 15 is 0 Å². The van der Waals surface area contributed by atoms with Crippen LogP contribution in [-0.2, 0) is 14.9 Å². The fourth-order valence-electron chi connectivity index (χ4n) is 3.13. The van der Waals surface area contributed by atoms with Gasteiger partial charge in [0.15, 0.2) is 0 Å². The third kappa shape index (κ3) is 2.35. The molecule has 0 spiro atoms. The minimum absolute atomic E-state index is 0.177. The summed E-state index contributed by atoms with van der Waals surface area (Å²) in [5.74, 6) is 0.150. The van der Waals surface area contributed by atoms with Crippen molar-refractivity contribution in [1.82, 2.24) is 0 Å². The quantitative estimate of drug-likeness (QED) is 0.781. The molecule has 0 heterocycles. The second-order valence-corrected chi connectivity index (χ2v) is 5.36. The lowest BCUT2D eigenvalue weighted by Gasteiger charge is -2.33. The van der Waals surface area contributed by atoms with Crippen LogP contribution in [0.15, 0.2) is 24.3 Å². The highest BCUT2D eigenvalue weighted by atomic mass is 16.5. The van der Waals surface area contributed by atoms with Crippen molar-refractivity contribution in [2.24, 2.45) is 5.92 Å². The van der Waals surface area contributed by atoms with E-state index in [0.717, 1.165) is 18.4 Å². The van der Waals surface area contributed by atoms with Gasteiger partial charge in [0.05, 0.1) is 24.2 Å². The molecule has 1 aliphatic rings. The van der Waals surface area contributed by atoms with Crippen molar-refractivity contribution in [2.45, 2.75) is 38.0 Å². The van der Waals surface area contributed by atoms with E-state index in [2.05, 4.69) is 6.07 Å². The lowest BCUT2D eigenvalue weighted by Crippen LogP contribution is -2.40. The molecule has 2 rings (SSSR count). The molecule has 1 aromatic carbocycles. The van der Waals surface area contributed by atoms with Gasteiger partial charge in [0, 0.05) is 0 Å². The standard InChI is InChI=1S/C16H19NO2/c1-16(15(18)19-2,13-5-3-4-6-13)14-9-7-12(11-17)8-10-14/h7-10,13H,3-6H2,1-2H3/t16-/m1/s1. The van der Waals surface area contributed by atoms with E-state index in [0.29, 0.717) is 11.5 Å². The molecule has 1 saturated carbocycles. The van der Waals surface area contributed by atoms with Gasteiger partial charge in [-0.3, -0.25) is 4.79 Å². The summed E-state index contributed by atoms with van der Waals surface area (Å²) < 4.78 is 5.03. The summed E-state index contributed by atoms with van der Waals surface area (Å²) in [6.45, 7) is 1.97. The first-order valence-corrected chi connectivity index (χ1v) is 6.72. The van der Waals surface area contributed by atoms with E-state index in [1.165, 1.54) is 20.0 Å². The molecule has 3 heteroatoms. The molecule has 0 saturated heterocycles. The van der Waals surface area contributed by atoms with E-state index in [9.17, 15) is 4.79 Å². The molecule has 0 N–H and O–H groups in total. The second-order valence-electron chi connectivity index (χ2n) is 5.36. The van der Waals surface area contributed by atoms with Crippen LogP contribution in [0.3, 0.4) is 0 Å². The van der Waals surface area contributed by atoms with Gasteiger partial charge in [-0.25, -0.2) is 0 Å². The normalized spacial score (nSPS) is 18.6. The van der Waals surface area contributed by atoms with Crippen LogP contribution in [0.5, 0.6) is 0 Å². The smallest absolute Gasteiger partial charge is 0.316 e. The lowest BCUT2D eigenvalue weighted by molar-refractivity contribution is -0.149. The number of ether oxygens (including phenoxy) is 1. The molecule has 100 valence electrons. The minimum Gasteiger partial charge on any atom is -0.468 e. The second kappa shape index (κ2) is 5.44. The molecular formula is C16H19NO2. The predicted octanol–water partition coefficient (Wildman–Crippen LogP) is 3.18. The van der Waals surface area contributed by atoms with Gasteiger partial charge in [-0.1, -0.05) is 25.0 Å². The molecule has 1 atom stereocenters. The van der Waals surface area contributed by atoms with Crippen molar-refractivity contribution in [2.75, 3.05) is 7.11 Å². The Balaban J connectivity index is 2.41. The van der Waals surface area contributed by atoms with Gasteiger partial charge in [0.2, 0.25) is 0 Å².